The van der Waals surface area contributed by atoms with Crippen LogP contribution in [-0.2, 0) is 16.6 Å². The van der Waals surface area contributed by atoms with Crippen LogP contribution in [0.4, 0.5) is 5.69 Å². The second-order valence-corrected chi connectivity index (χ2v) is 8.35. The molecular weight excluding hydrogens is 364 g/mol. The average molecular weight is 384 g/mol. The van der Waals surface area contributed by atoms with Gasteiger partial charge in [0.1, 0.15) is 0 Å². The Morgan fingerprint density at radius 3 is 2.52 bits per heavy atom. The fourth-order valence-corrected chi connectivity index (χ4v) is 3.43. The summed E-state index contributed by atoms with van der Waals surface area (Å²) < 4.78 is 27.3. The van der Waals surface area contributed by atoms with Crippen LogP contribution >= 0.6 is 0 Å². The van der Waals surface area contributed by atoms with Gasteiger partial charge in [0.05, 0.1) is 11.2 Å². The van der Waals surface area contributed by atoms with Gasteiger partial charge in [0.25, 0.3) is 5.91 Å². The van der Waals surface area contributed by atoms with Crippen LogP contribution in [0.3, 0.4) is 0 Å². The topological polar surface area (TPSA) is 84.3 Å². The van der Waals surface area contributed by atoms with Crippen LogP contribution in [0.5, 0.6) is 0 Å². The Morgan fingerprint density at radius 2 is 1.89 bits per heavy atom. The quantitative estimate of drug-likeness (QED) is 0.707. The van der Waals surface area contributed by atoms with E-state index in [1.807, 2.05) is 29.0 Å². The lowest BCUT2D eigenvalue weighted by Gasteiger charge is -2.12. The Balaban J connectivity index is 1.72. The number of carbonyl (C=O) groups is 1. The molecule has 0 aliphatic rings. The highest BCUT2D eigenvalue weighted by Gasteiger charge is 2.17. The number of nitrogens with one attached hydrogen (secondary N) is 1. The molecule has 1 heterocycles. The second kappa shape index (κ2) is 7.73. The molecule has 1 N–H and O–H groups in total. The molecule has 140 valence electrons. The molecule has 1 aromatic heterocycles. The maximum Gasteiger partial charge on any atom is 0.255 e. The van der Waals surface area contributed by atoms with E-state index in [9.17, 15) is 13.2 Å². The third-order valence-corrected chi connectivity index (χ3v) is 5.83. The van der Waals surface area contributed by atoms with Gasteiger partial charge in [0.2, 0.25) is 10.0 Å². The number of amides is 1. The zero-order valence-electron chi connectivity index (χ0n) is 15.0. The van der Waals surface area contributed by atoms with Crippen LogP contribution in [0.1, 0.15) is 15.9 Å². The Hall–Kier alpha value is -2.97. The van der Waals surface area contributed by atoms with Gasteiger partial charge in [-0.05, 0) is 42.0 Å². The smallest absolute Gasteiger partial charge is 0.255 e. The number of rotatable bonds is 6. The highest BCUT2D eigenvalue weighted by molar-refractivity contribution is 7.89. The van der Waals surface area contributed by atoms with Gasteiger partial charge in [-0.1, -0.05) is 12.1 Å². The molecule has 1 amide bonds. The van der Waals surface area contributed by atoms with Gasteiger partial charge in [0, 0.05) is 44.3 Å². The molecule has 0 atom stereocenters. The molecule has 8 heteroatoms. The molecule has 0 unspecified atom stereocenters. The van der Waals surface area contributed by atoms with Crippen LogP contribution in [0.15, 0.2) is 72.1 Å². The van der Waals surface area contributed by atoms with Crippen LogP contribution < -0.4 is 5.32 Å². The van der Waals surface area contributed by atoms with E-state index in [0.29, 0.717) is 17.8 Å². The van der Waals surface area contributed by atoms with Crippen molar-refractivity contribution < 1.29 is 13.2 Å². The van der Waals surface area contributed by atoms with Crippen molar-refractivity contribution in [3.05, 3.63) is 78.4 Å². The van der Waals surface area contributed by atoms with Crippen molar-refractivity contribution in [1.82, 2.24) is 13.9 Å². The summed E-state index contributed by atoms with van der Waals surface area (Å²) in [4.78, 5) is 16.6. The predicted octanol–water partition coefficient (Wildman–Crippen LogP) is 2.43. The number of sulfonamides is 1. The van der Waals surface area contributed by atoms with E-state index in [0.717, 1.165) is 9.87 Å². The summed E-state index contributed by atoms with van der Waals surface area (Å²) in [7, 11) is -0.585. The lowest BCUT2D eigenvalue weighted by atomic mass is 10.1. The average Bonchev–Trinajstić information content (AvgIpc) is 3.15. The minimum Gasteiger partial charge on any atom is -0.333 e. The third-order valence-electron chi connectivity index (χ3n) is 4.00. The molecule has 3 rings (SSSR count). The number of carbonyl (C=O) groups excluding carboxylic acids is 1. The van der Waals surface area contributed by atoms with E-state index in [2.05, 4.69) is 10.3 Å². The molecule has 0 spiro atoms. The lowest BCUT2D eigenvalue weighted by Crippen LogP contribution is -2.22. The van der Waals surface area contributed by atoms with Gasteiger partial charge in [-0.25, -0.2) is 17.7 Å². The lowest BCUT2D eigenvalue weighted by molar-refractivity contribution is 0.102. The van der Waals surface area contributed by atoms with Crippen molar-refractivity contribution in [3.63, 3.8) is 0 Å². The van der Waals surface area contributed by atoms with Crippen molar-refractivity contribution in [1.29, 1.82) is 0 Å². The molecule has 7 nitrogen and oxygen atoms in total. The second-order valence-electron chi connectivity index (χ2n) is 6.20. The summed E-state index contributed by atoms with van der Waals surface area (Å²) in [6.45, 7) is 0.654. The molecule has 3 aromatic rings. The van der Waals surface area contributed by atoms with E-state index < -0.39 is 10.0 Å². The highest BCUT2D eigenvalue weighted by Crippen LogP contribution is 2.16. The zero-order chi connectivity index (χ0) is 19.4. The van der Waals surface area contributed by atoms with Crippen LogP contribution in [0.2, 0.25) is 0 Å². The summed E-state index contributed by atoms with van der Waals surface area (Å²) in [6.07, 6.45) is 5.31. The predicted molar refractivity (Wildman–Crippen MR) is 103 cm³/mol. The number of nitrogens with zero attached hydrogens (tertiary/aromatic N) is 3. The van der Waals surface area contributed by atoms with Crippen LogP contribution in [-0.4, -0.2) is 42.3 Å². The monoisotopic (exact) mass is 384 g/mol. The Kier molecular flexibility index (Phi) is 5.38. The largest absolute Gasteiger partial charge is 0.333 e. The molecule has 0 aliphatic carbocycles. The van der Waals surface area contributed by atoms with Crippen molar-refractivity contribution in [2.75, 3.05) is 19.4 Å². The fraction of sp³-hybridized carbons (Fsp3) is 0.158. The van der Waals surface area contributed by atoms with Crippen molar-refractivity contribution in [2.45, 2.75) is 11.4 Å². The van der Waals surface area contributed by atoms with Gasteiger partial charge in [-0.15, -0.1) is 0 Å². The number of benzene rings is 2. The fourth-order valence-electron chi connectivity index (χ4n) is 2.53. The summed E-state index contributed by atoms with van der Waals surface area (Å²) >= 11 is 0. The van der Waals surface area contributed by atoms with Gasteiger partial charge >= 0.3 is 0 Å². The normalized spacial score (nSPS) is 11.5. The molecule has 2 aromatic carbocycles. The Morgan fingerprint density at radius 1 is 1.15 bits per heavy atom. The minimum atomic E-state index is -3.51. The zero-order valence-corrected chi connectivity index (χ0v) is 15.8. The van der Waals surface area contributed by atoms with E-state index in [1.165, 1.54) is 38.4 Å². The number of anilines is 1. The van der Waals surface area contributed by atoms with Crippen molar-refractivity contribution in [2.24, 2.45) is 0 Å². The van der Waals surface area contributed by atoms with Crippen molar-refractivity contribution >= 4 is 21.6 Å². The number of hydrogen-bond acceptors (Lipinski definition) is 4. The molecule has 0 aliphatic heterocycles. The first-order chi connectivity index (χ1) is 12.9. The highest BCUT2D eigenvalue weighted by atomic mass is 32.2. The number of hydrogen-bond donors (Lipinski definition) is 1. The number of imidazole rings is 1. The van der Waals surface area contributed by atoms with E-state index in [4.69, 9.17) is 0 Å². The molecule has 0 saturated heterocycles. The van der Waals surface area contributed by atoms with Crippen molar-refractivity contribution in [3.8, 4) is 0 Å². The minimum absolute atomic E-state index is 0.145. The molecule has 27 heavy (non-hydrogen) atoms. The molecule has 0 bridgehead atoms. The summed E-state index contributed by atoms with van der Waals surface area (Å²) in [5.74, 6) is -0.302. The Bertz CT molecular complexity index is 1030. The van der Waals surface area contributed by atoms with Gasteiger partial charge < -0.3 is 9.88 Å². The SMILES string of the molecule is CN(C)S(=O)(=O)c1ccc(C(=O)Nc2cccc(Cn3ccnc3)c2)cc1. The van der Waals surface area contributed by atoms with Crippen LogP contribution in [0, 0.1) is 0 Å². The molecule has 0 radical (unpaired) electrons. The van der Waals surface area contributed by atoms with Gasteiger partial charge in [-0.3, -0.25) is 4.79 Å². The Labute approximate surface area is 158 Å². The van der Waals surface area contributed by atoms with Gasteiger partial charge in [-0.2, -0.15) is 0 Å². The van der Waals surface area contributed by atoms with E-state index in [1.54, 1.807) is 18.6 Å². The molecular formula is C19H20N4O3S. The first kappa shape index (κ1) is 18.8. The third kappa shape index (κ3) is 4.42. The summed E-state index contributed by atoms with van der Waals surface area (Å²) in [5, 5.41) is 2.84. The number of aromatic nitrogens is 2. The van der Waals surface area contributed by atoms with Crippen LogP contribution in [0.25, 0.3) is 0 Å². The standard InChI is InChI=1S/C19H20N4O3S/c1-22(2)27(25,26)18-8-6-16(7-9-18)19(24)21-17-5-3-4-15(12-17)13-23-11-10-20-14-23/h3-12,14H,13H2,1-2H3,(H,21,24). The van der Waals surface area contributed by atoms with E-state index in [-0.39, 0.29) is 10.8 Å². The molecule has 0 fully saturated rings. The van der Waals surface area contributed by atoms with E-state index >= 15 is 0 Å². The maximum atomic E-state index is 12.5. The first-order valence-corrected chi connectivity index (χ1v) is 9.69. The summed E-state index contributed by atoms with van der Waals surface area (Å²) in [5.41, 5.74) is 2.08. The molecule has 0 saturated carbocycles. The summed E-state index contributed by atoms with van der Waals surface area (Å²) in [6, 6.07) is 13.4. The first-order valence-electron chi connectivity index (χ1n) is 8.25. The van der Waals surface area contributed by atoms with Gasteiger partial charge in [0.15, 0.2) is 0 Å². The maximum absolute atomic E-state index is 12.5.